The quantitative estimate of drug-likeness (QED) is 0.664. The van der Waals surface area contributed by atoms with Gasteiger partial charge in [-0.05, 0) is 12.8 Å². The minimum absolute atomic E-state index is 0.0440. The molecule has 1 saturated heterocycles. The number of nitrogens with two attached hydrogens (primary N) is 1. The molecule has 0 bridgehead atoms. The molecule has 1 heterocycles. The lowest BCUT2D eigenvalue weighted by atomic mass is 9.92. The zero-order valence-electron chi connectivity index (χ0n) is 8.70. The Morgan fingerprint density at radius 3 is 2.13 bits per heavy atom. The molecule has 0 aromatic carbocycles. The van der Waals surface area contributed by atoms with Crippen molar-refractivity contribution in [3.8, 4) is 0 Å². The molecule has 0 aromatic heterocycles. The second-order valence-electron chi connectivity index (χ2n) is 4.51. The van der Waals surface area contributed by atoms with E-state index in [0.29, 0.717) is 0 Å². The third-order valence-corrected chi connectivity index (χ3v) is 3.23. The molecule has 1 aliphatic carbocycles. The van der Waals surface area contributed by atoms with Crippen LogP contribution in [0.2, 0.25) is 0 Å². The normalized spacial score (nSPS) is 28.9. The van der Waals surface area contributed by atoms with Gasteiger partial charge < -0.3 is 20.3 Å². The highest BCUT2D eigenvalue weighted by Crippen LogP contribution is 2.36. The first kappa shape index (κ1) is 10.9. The van der Waals surface area contributed by atoms with E-state index in [9.17, 15) is 4.79 Å². The molecular weight excluding hydrogens is 198 g/mol. The van der Waals surface area contributed by atoms with Crippen LogP contribution in [0.25, 0.3) is 0 Å². The molecule has 1 aliphatic heterocycles. The van der Waals surface area contributed by atoms with Crippen LogP contribution in [0, 0.1) is 0 Å². The molecule has 0 atom stereocenters. The summed E-state index contributed by atoms with van der Waals surface area (Å²) in [5, 5.41) is 8.90. The lowest BCUT2D eigenvalue weighted by molar-refractivity contribution is -0.297. The molecule has 15 heavy (non-hydrogen) atoms. The van der Waals surface area contributed by atoms with Crippen molar-refractivity contribution in [1.29, 1.82) is 0 Å². The Morgan fingerprint density at radius 2 is 1.67 bits per heavy atom. The zero-order chi connectivity index (χ0) is 10.9. The predicted molar refractivity (Wildman–Crippen MR) is 52.3 cm³/mol. The van der Waals surface area contributed by atoms with Gasteiger partial charge in [0.15, 0.2) is 11.3 Å². The summed E-state index contributed by atoms with van der Waals surface area (Å²) in [5.74, 6) is -1.61. The van der Waals surface area contributed by atoms with Gasteiger partial charge in [0.2, 0.25) is 0 Å². The highest BCUT2D eigenvalue weighted by atomic mass is 16.7. The van der Waals surface area contributed by atoms with E-state index in [-0.39, 0.29) is 13.2 Å². The maximum absolute atomic E-state index is 10.9. The molecule has 0 amide bonds. The summed E-state index contributed by atoms with van der Waals surface area (Å²) in [6, 6.07) is 0. The molecule has 1 spiro atoms. The standard InChI is InChI=1S/C10H17NO4/c11-9(8(12)13)6-14-10(15-7-9)4-2-1-3-5-10/h1-7,11H2,(H,12,13). The van der Waals surface area contributed by atoms with Crippen molar-refractivity contribution < 1.29 is 19.4 Å². The highest BCUT2D eigenvalue weighted by molar-refractivity contribution is 5.79. The van der Waals surface area contributed by atoms with Crippen LogP contribution in [0.1, 0.15) is 32.1 Å². The fourth-order valence-electron chi connectivity index (χ4n) is 2.11. The number of carbonyl (C=O) groups is 1. The third kappa shape index (κ3) is 2.00. The topological polar surface area (TPSA) is 81.8 Å². The van der Waals surface area contributed by atoms with Gasteiger partial charge in [-0.1, -0.05) is 6.42 Å². The average molecular weight is 215 g/mol. The summed E-state index contributed by atoms with van der Waals surface area (Å²) in [4.78, 5) is 10.9. The molecule has 1 saturated carbocycles. The molecule has 5 nitrogen and oxygen atoms in total. The van der Waals surface area contributed by atoms with Crippen molar-refractivity contribution in [3.05, 3.63) is 0 Å². The van der Waals surface area contributed by atoms with Crippen molar-refractivity contribution in [3.63, 3.8) is 0 Å². The second kappa shape index (κ2) is 3.73. The molecule has 86 valence electrons. The van der Waals surface area contributed by atoms with Crippen molar-refractivity contribution in [2.75, 3.05) is 13.2 Å². The predicted octanol–water partition coefficient (Wildman–Crippen LogP) is 0.476. The number of hydrogen-bond donors (Lipinski definition) is 2. The molecule has 0 radical (unpaired) electrons. The van der Waals surface area contributed by atoms with Gasteiger partial charge >= 0.3 is 5.97 Å². The van der Waals surface area contributed by atoms with Gasteiger partial charge in [0.1, 0.15) is 0 Å². The first-order valence-corrected chi connectivity index (χ1v) is 5.37. The van der Waals surface area contributed by atoms with E-state index in [1.807, 2.05) is 0 Å². The van der Waals surface area contributed by atoms with Gasteiger partial charge in [0, 0.05) is 12.8 Å². The lowest BCUT2D eigenvalue weighted by Gasteiger charge is -2.44. The van der Waals surface area contributed by atoms with Gasteiger partial charge in [-0.2, -0.15) is 0 Å². The van der Waals surface area contributed by atoms with Crippen molar-refractivity contribution in [2.24, 2.45) is 5.73 Å². The van der Waals surface area contributed by atoms with Gasteiger partial charge in [-0.15, -0.1) is 0 Å². The summed E-state index contributed by atoms with van der Waals surface area (Å²) in [5.41, 5.74) is 4.27. The number of hydrogen-bond acceptors (Lipinski definition) is 4. The van der Waals surface area contributed by atoms with Crippen LogP contribution in [0.4, 0.5) is 0 Å². The van der Waals surface area contributed by atoms with E-state index in [2.05, 4.69) is 0 Å². The summed E-state index contributed by atoms with van der Waals surface area (Å²) in [6.45, 7) is 0.0880. The largest absolute Gasteiger partial charge is 0.480 e. The molecule has 0 aromatic rings. The Kier molecular flexibility index (Phi) is 2.70. The maximum atomic E-state index is 10.9. The van der Waals surface area contributed by atoms with Gasteiger partial charge in [-0.3, -0.25) is 4.79 Å². The summed E-state index contributed by atoms with van der Waals surface area (Å²) in [7, 11) is 0. The van der Waals surface area contributed by atoms with Gasteiger partial charge in [0.05, 0.1) is 13.2 Å². The summed E-state index contributed by atoms with van der Waals surface area (Å²) < 4.78 is 11.1. The Morgan fingerprint density at radius 1 is 1.13 bits per heavy atom. The fourth-order valence-corrected chi connectivity index (χ4v) is 2.11. The van der Waals surface area contributed by atoms with Crippen molar-refractivity contribution in [2.45, 2.75) is 43.4 Å². The molecular formula is C10H17NO4. The highest BCUT2D eigenvalue weighted by Gasteiger charge is 2.47. The van der Waals surface area contributed by atoms with Gasteiger partial charge in [-0.25, -0.2) is 0 Å². The van der Waals surface area contributed by atoms with Crippen LogP contribution in [-0.2, 0) is 14.3 Å². The number of rotatable bonds is 1. The van der Waals surface area contributed by atoms with Crippen LogP contribution in [0.3, 0.4) is 0 Å². The zero-order valence-corrected chi connectivity index (χ0v) is 8.70. The number of ether oxygens (including phenoxy) is 2. The lowest BCUT2D eigenvalue weighted by Crippen LogP contribution is -2.63. The van der Waals surface area contributed by atoms with Crippen LogP contribution in [0.15, 0.2) is 0 Å². The first-order valence-electron chi connectivity index (χ1n) is 5.37. The Balaban J connectivity index is 1.99. The van der Waals surface area contributed by atoms with E-state index < -0.39 is 17.3 Å². The Bertz CT molecular complexity index is 250. The van der Waals surface area contributed by atoms with Crippen molar-refractivity contribution in [1.82, 2.24) is 0 Å². The number of carboxylic acid groups (broad SMARTS) is 1. The molecule has 0 unspecified atom stereocenters. The van der Waals surface area contributed by atoms with E-state index >= 15 is 0 Å². The molecule has 3 N–H and O–H groups in total. The van der Waals surface area contributed by atoms with E-state index in [4.69, 9.17) is 20.3 Å². The smallest absolute Gasteiger partial charge is 0.328 e. The Labute approximate surface area is 88.5 Å². The summed E-state index contributed by atoms with van der Waals surface area (Å²) in [6.07, 6.45) is 5.04. The van der Waals surface area contributed by atoms with Crippen LogP contribution in [-0.4, -0.2) is 35.6 Å². The third-order valence-electron chi connectivity index (χ3n) is 3.23. The van der Waals surface area contributed by atoms with Crippen LogP contribution >= 0.6 is 0 Å². The minimum atomic E-state index is -1.37. The minimum Gasteiger partial charge on any atom is -0.480 e. The van der Waals surface area contributed by atoms with Gasteiger partial charge in [0.25, 0.3) is 0 Å². The molecule has 2 fully saturated rings. The molecule has 5 heteroatoms. The SMILES string of the molecule is NC1(C(=O)O)COC2(CCCCC2)OC1. The summed E-state index contributed by atoms with van der Waals surface area (Å²) >= 11 is 0. The average Bonchev–Trinajstić information content (AvgIpc) is 2.24. The second-order valence-corrected chi connectivity index (χ2v) is 4.51. The Hall–Kier alpha value is -0.650. The number of aliphatic carboxylic acids is 1. The molecule has 2 rings (SSSR count). The fraction of sp³-hybridized carbons (Fsp3) is 0.900. The van der Waals surface area contributed by atoms with E-state index in [1.165, 1.54) is 6.42 Å². The van der Waals surface area contributed by atoms with Crippen LogP contribution in [0.5, 0.6) is 0 Å². The first-order chi connectivity index (χ1) is 7.06. The number of carboxylic acids is 1. The van der Waals surface area contributed by atoms with Crippen LogP contribution < -0.4 is 5.73 Å². The monoisotopic (exact) mass is 215 g/mol. The maximum Gasteiger partial charge on any atom is 0.328 e. The van der Waals surface area contributed by atoms with E-state index in [0.717, 1.165) is 25.7 Å². The van der Waals surface area contributed by atoms with E-state index in [1.54, 1.807) is 0 Å². The van der Waals surface area contributed by atoms with Crippen molar-refractivity contribution >= 4 is 5.97 Å². The molecule has 2 aliphatic rings.